The van der Waals surface area contributed by atoms with Crippen LogP contribution in [-0.2, 0) is 0 Å². The molecule has 0 bridgehead atoms. The van der Waals surface area contributed by atoms with Crippen LogP contribution >= 0.6 is 0 Å². The minimum atomic E-state index is 0. The summed E-state index contributed by atoms with van der Waals surface area (Å²) >= 11 is 0. The van der Waals surface area contributed by atoms with Crippen molar-refractivity contribution >= 4 is 37.7 Å². The van der Waals surface area contributed by atoms with Gasteiger partial charge < -0.3 is 9.41 Å². The van der Waals surface area contributed by atoms with Crippen molar-refractivity contribution in [1.82, 2.24) is 0 Å². The van der Waals surface area contributed by atoms with E-state index in [1.165, 1.54) is 0 Å². The Hall–Kier alpha value is 2.31. The van der Waals surface area contributed by atoms with E-state index >= 15 is 0 Å². The Morgan fingerprint density at radius 2 is 0.750 bits per heavy atom. The summed E-state index contributed by atoms with van der Waals surface area (Å²) in [5.74, 6) is 0. The smallest absolute Gasteiger partial charge is 1.00 e. The van der Waals surface area contributed by atoms with Crippen molar-refractivity contribution in [3.8, 4) is 0 Å². The second-order valence-corrected chi connectivity index (χ2v) is 0. The van der Waals surface area contributed by atoms with Gasteiger partial charge in [0, 0.05) is 0 Å². The molecule has 0 spiro atoms. The van der Waals surface area contributed by atoms with Gasteiger partial charge in [0.1, 0.15) is 0 Å². The standard InChI is InChI=1S/Ca.2FH.La/h;2*1H;/q+2;;;+3/p-2. The second-order valence-electron chi connectivity index (χ2n) is 0. The van der Waals surface area contributed by atoms with Gasteiger partial charge in [-0.1, -0.05) is 0 Å². The Bertz CT molecular complexity index is 6.00. The molecule has 0 nitrogen and oxygen atoms in total. The molecule has 0 unspecified atom stereocenters. The number of halogens is 2. The fourth-order valence-corrected chi connectivity index (χ4v) is 0. The van der Waals surface area contributed by atoms with Gasteiger partial charge in [0.2, 0.25) is 0 Å². The maximum absolute atomic E-state index is 0. The van der Waals surface area contributed by atoms with E-state index in [1.807, 2.05) is 0 Å². The first-order valence-corrected chi connectivity index (χ1v) is 0. The maximum atomic E-state index is 0. The third kappa shape index (κ3) is 8.85. The molecule has 0 rings (SSSR count). The van der Waals surface area contributed by atoms with Gasteiger partial charge in [-0.05, 0) is 0 Å². The van der Waals surface area contributed by atoms with Gasteiger partial charge in [0.05, 0.1) is 0 Å². The number of hydrogen-bond donors (Lipinski definition) is 0. The Balaban J connectivity index is 0. The first kappa shape index (κ1) is 33.3. The molecule has 16 valence electrons. The van der Waals surface area contributed by atoms with Crippen LogP contribution in [0.15, 0.2) is 0 Å². The third-order valence-electron chi connectivity index (χ3n) is 0. The molecule has 0 N–H and O–H groups in total. The van der Waals surface area contributed by atoms with Gasteiger partial charge in [-0.2, -0.15) is 0 Å². The summed E-state index contributed by atoms with van der Waals surface area (Å²) in [4.78, 5) is 0. The van der Waals surface area contributed by atoms with Crippen LogP contribution in [0.2, 0.25) is 0 Å². The van der Waals surface area contributed by atoms with Gasteiger partial charge in [0.15, 0.2) is 0 Å². The quantitative estimate of drug-likeness (QED) is 0.354. The molecule has 0 fully saturated rings. The largest absolute Gasteiger partial charge is 3.00 e. The Kier molecular flexibility index (Phi) is 154. The topological polar surface area (TPSA) is 0 Å². The maximum Gasteiger partial charge on any atom is 3.00 e. The molecule has 4 heavy (non-hydrogen) atoms. The van der Waals surface area contributed by atoms with Crippen molar-refractivity contribution in [2.24, 2.45) is 0 Å². The van der Waals surface area contributed by atoms with Gasteiger partial charge in [-0.25, -0.2) is 0 Å². The molecule has 0 aliphatic carbocycles. The first-order valence-electron chi connectivity index (χ1n) is 0. The van der Waals surface area contributed by atoms with E-state index in [0.717, 1.165) is 0 Å². The molecule has 0 heterocycles. The first-order chi connectivity index (χ1) is 0. The zero-order valence-electron chi connectivity index (χ0n) is 2.04. The zero-order chi connectivity index (χ0) is 0. The van der Waals surface area contributed by atoms with Gasteiger partial charge in [-0.15, -0.1) is 0 Å². The van der Waals surface area contributed by atoms with E-state index in [-0.39, 0.29) is 82.7 Å². The van der Waals surface area contributed by atoms with E-state index in [2.05, 4.69) is 0 Å². The van der Waals surface area contributed by atoms with Gasteiger partial charge in [0.25, 0.3) is 0 Å². The SMILES string of the molecule is [Ca+2].[F-].[F-].[La+3]. The van der Waals surface area contributed by atoms with Gasteiger partial charge >= 0.3 is 73.3 Å². The number of rotatable bonds is 0. The van der Waals surface area contributed by atoms with E-state index in [9.17, 15) is 0 Å². The van der Waals surface area contributed by atoms with Crippen LogP contribution in [0.4, 0.5) is 0 Å². The molecule has 0 saturated heterocycles. The molecule has 4 heteroatoms. The van der Waals surface area contributed by atoms with Crippen molar-refractivity contribution in [2.45, 2.75) is 0 Å². The molecule has 0 radical (unpaired) electrons. The molecular weight excluding hydrogens is 217 g/mol. The molecule has 0 aliphatic heterocycles. The summed E-state index contributed by atoms with van der Waals surface area (Å²) in [6.45, 7) is 0. The predicted octanol–water partition coefficient (Wildman–Crippen LogP) is -6.37. The van der Waals surface area contributed by atoms with Crippen molar-refractivity contribution in [3.63, 3.8) is 0 Å². The Labute approximate surface area is 81.0 Å². The van der Waals surface area contributed by atoms with Crippen LogP contribution in [0.5, 0.6) is 0 Å². The monoisotopic (exact) mass is 217 g/mol. The molecule has 0 aromatic carbocycles. The molecule has 0 amide bonds. The molecule has 0 aliphatic rings. The van der Waals surface area contributed by atoms with Crippen LogP contribution in [0.3, 0.4) is 0 Å². The summed E-state index contributed by atoms with van der Waals surface area (Å²) in [6, 6.07) is 0. The molecular formula is CaF2La+3. The number of hydrogen-bond acceptors (Lipinski definition) is 0. The molecule has 0 aromatic heterocycles. The average molecular weight is 217 g/mol. The zero-order valence-corrected chi connectivity index (χ0v) is 7.87. The summed E-state index contributed by atoms with van der Waals surface area (Å²) in [6.07, 6.45) is 0. The third-order valence-corrected chi connectivity index (χ3v) is 0. The van der Waals surface area contributed by atoms with Crippen LogP contribution in [0.1, 0.15) is 0 Å². The van der Waals surface area contributed by atoms with E-state index in [1.54, 1.807) is 0 Å². The summed E-state index contributed by atoms with van der Waals surface area (Å²) in [5, 5.41) is 0. The van der Waals surface area contributed by atoms with Crippen LogP contribution in [0.25, 0.3) is 0 Å². The van der Waals surface area contributed by atoms with Crippen LogP contribution in [-0.4, -0.2) is 37.7 Å². The fourth-order valence-electron chi connectivity index (χ4n) is 0. The van der Waals surface area contributed by atoms with Crippen molar-refractivity contribution in [1.29, 1.82) is 0 Å². The van der Waals surface area contributed by atoms with Gasteiger partial charge in [-0.3, -0.25) is 0 Å². The minimum absolute atomic E-state index is 0. The average Bonchev–Trinajstić information content (AvgIpc) is 0. The van der Waals surface area contributed by atoms with Crippen molar-refractivity contribution in [3.05, 3.63) is 0 Å². The summed E-state index contributed by atoms with van der Waals surface area (Å²) in [5.41, 5.74) is 0. The van der Waals surface area contributed by atoms with E-state index in [0.29, 0.717) is 0 Å². The Morgan fingerprint density at radius 3 is 0.750 bits per heavy atom. The van der Waals surface area contributed by atoms with Crippen molar-refractivity contribution in [2.75, 3.05) is 0 Å². The van der Waals surface area contributed by atoms with Crippen molar-refractivity contribution < 1.29 is 45.0 Å². The summed E-state index contributed by atoms with van der Waals surface area (Å²) < 4.78 is 0. The molecule has 0 aromatic rings. The second kappa shape index (κ2) is 18.5. The normalized spacial score (nSPS) is 0. The predicted molar refractivity (Wildman–Crippen MR) is 5.75 cm³/mol. The minimum Gasteiger partial charge on any atom is -1.00 e. The van der Waals surface area contributed by atoms with Crippen LogP contribution < -0.4 is 9.41 Å². The fraction of sp³-hybridized carbons (Fsp3) is 0. The van der Waals surface area contributed by atoms with Crippen LogP contribution in [0, 0.1) is 35.6 Å². The van der Waals surface area contributed by atoms with E-state index in [4.69, 9.17) is 0 Å². The molecule has 0 atom stereocenters. The van der Waals surface area contributed by atoms with E-state index < -0.39 is 0 Å². The molecule has 0 saturated carbocycles. The summed E-state index contributed by atoms with van der Waals surface area (Å²) in [7, 11) is 0. The Morgan fingerprint density at radius 1 is 0.750 bits per heavy atom.